The minimum atomic E-state index is -0.528. The molecule has 0 fully saturated rings. The summed E-state index contributed by atoms with van der Waals surface area (Å²) in [5, 5.41) is 0.887. The van der Waals surface area contributed by atoms with Crippen molar-refractivity contribution in [2.24, 2.45) is 5.73 Å². The summed E-state index contributed by atoms with van der Waals surface area (Å²) in [6, 6.07) is 5.14. The zero-order valence-electron chi connectivity index (χ0n) is 14.3. The van der Waals surface area contributed by atoms with E-state index in [1.165, 1.54) is 21.6 Å². The number of hydrogen-bond acceptors (Lipinski definition) is 7. The van der Waals surface area contributed by atoms with Gasteiger partial charge in [0, 0.05) is 24.8 Å². The molecule has 8 heteroatoms. The van der Waals surface area contributed by atoms with E-state index in [2.05, 4.69) is 10.5 Å². The van der Waals surface area contributed by atoms with Crippen LogP contribution in [-0.2, 0) is 14.4 Å². The van der Waals surface area contributed by atoms with E-state index in [4.69, 9.17) is 10.6 Å². The fourth-order valence-electron chi connectivity index (χ4n) is 1.53. The fourth-order valence-corrected chi connectivity index (χ4v) is 3.59. The van der Waals surface area contributed by atoms with E-state index in [1.807, 2.05) is 39.0 Å². The molecule has 0 aromatic carbocycles. The summed E-state index contributed by atoms with van der Waals surface area (Å²) in [5.41, 5.74) is 7.83. The summed E-state index contributed by atoms with van der Waals surface area (Å²) in [7, 11) is 3.00. The van der Waals surface area contributed by atoms with Crippen molar-refractivity contribution < 1.29 is 14.4 Å². The summed E-state index contributed by atoms with van der Waals surface area (Å²) >= 11 is 0. The highest BCUT2D eigenvalue weighted by Crippen LogP contribution is 2.29. The highest BCUT2D eigenvalue weighted by atomic mass is 33.1. The zero-order chi connectivity index (χ0) is 18.0. The number of nitrogens with two attached hydrogens (primary N) is 1. The van der Waals surface area contributed by atoms with Gasteiger partial charge in [-0.05, 0) is 50.1 Å². The summed E-state index contributed by atoms with van der Waals surface area (Å²) in [5.74, 6) is 0.249. The maximum atomic E-state index is 12.0. The lowest BCUT2D eigenvalue weighted by Gasteiger charge is -2.18. The number of carbonyl (C=O) groups excluding carboxylic acids is 2. The zero-order valence-corrected chi connectivity index (χ0v) is 15.9. The maximum Gasteiger partial charge on any atom is 0.243 e. The van der Waals surface area contributed by atoms with E-state index >= 15 is 0 Å². The van der Waals surface area contributed by atoms with E-state index in [-0.39, 0.29) is 18.1 Å². The number of pyridine rings is 1. The minimum Gasteiger partial charge on any atom is -0.321 e. The molecule has 0 spiro atoms. The second kappa shape index (κ2) is 10.7. The molecule has 6 nitrogen and oxygen atoms in total. The summed E-state index contributed by atoms with van der Waals surface area (Å²) in [4.78, 5) is 32.9. The Hall–Kier alpha value is -1.09. The number of amides is 1. The summed E-state index contributed by atoms with van der Waals surface area (Å²) in [6.45, 7) is 5.53. The lowest BCUT2D eigenvalue weighted by atomic mass is 10.1. The first-order valence-electron chi connectivity index (χ1n) is 7.73. The third kappa shape index (κ3) is 9.92. The third-order valence-corrected chi connectivity index (χ3v) is 5.04. The Labute approximate surface area is 151 Å². The smallest absolute Gasteiger partial charge is 0.243 e. The molecule has 3 N–H and O–H groups in total. The normalized spacial score (nSPS) is 12.7. The van der Waals surface area contributed by atoms with Gasteiger partial charge in [0.2, 0.25) is 5.91 Å². The Kier molecular flexibility index (Phi) is 9.35. The molecule has 0 saturated carbocycles. The second-order valence-electron chi connectivity index (χ2n) is 6.20. The van der Waals surface area contributed by atoms with Crippen molar-refractivity contribution >= 4 is 33.3 Å². The molecular formula is C16H25N3O3S2. The van der Waals surface area contributed by atoms with Gasteiger partial charge in [0.05, 0.1) is 11.6 Å². The van der Waals surface area contributed by atoms with Gasteiger partial charge < -0.3 is 5.73 Å². The van der Waals surface area contributed by atoms with Crippen LogP contribution in [-0.4, -0.2) is 34.1 Å². The lowest BCUT2D eigenvalue weighted by Crippen LogP contribution is -2.34. The maximum absolute atomic E-state index is 12.0. The number of nitrogens with zero attached hydrogens (tertiary/aromatic N) is 1. The predicted molar refractivity (Wildman–Crippen MR) is 98.4 cm³/mol. The van der Waals surface area contributed by atoms with Crippen LogP contribution in [0, 0.1) is 0 Å². The van der Waals surface area contributed by atoms with Crippen LogP contribution in [0.5, 0.6) is 0 Å². The first-order chi connectivity index (χ1) is 11.3. The average molecular weight is 372 g/mol. The quantitative estimate of drug-likeness (QED) is 0.482. The van der Waals surface area contributed by atoms with Crippen LogP contribution in [0.25, 0.3) is 0 Å². The van der Waals surface area contributed by atoms with Gasteiger partial charge in [0.1, 0.15) is 10.8 Å². The van der Waals surface area contributed by atoms with Crippen LogP contribution in [0.1, 0.15) is 40.0 Å². The van der Waals surface area contributed by atoms with Gasteiger partial charge in [-0.15, -0.1) is 0 Å². The molecule has 0 saturated heterocycles. The molecule has 0 aliphatic rings. The second-order valence-corrected chi connectivity index (χ2v) is 8.56. The molecule has 24 heavy (non-hydrogen) atoms. The number of rotatable bonds is 10. The van der Waals surface area contributed by atoms with E-state index in [0.29, 0.717) is 18.6 Å². The third-order valence-electron chi connectivity index (χ3n) is 2.74. The number of hydrogen-bond donors (Lipinski definition) is 2. The van der Waals surface area contributed by atoms with Crippen LogP contribution >= 0.6 is 21.6 Å². The standard InChI is InChI=1S/C16H25N3O3S2/c1-16(2,3)22-19-14(21)8-6-7-13(20)12(17)11-23-24-15-9-4-5-10-18-15/h4-5,9-10,12H,6-8,11,17H2,1-3H3,(H,19,21). The van der Waals surface area contributed by atoms with Crippen LogP contribution < -0.4 is 11.2 Å². The highest BCUT2D eigenvalue weighted by Gasteiger charge is 2.16. The van der Waals surface area contributed by atoms with Gasteiger partial charge in [-0.3, -0.25) is 14.4 Å². The Morgan fingerprint density at radius 1 is 1.33 bits per heavy atom. The molecule has 1 atom stereocenters. The fraction of sp³-hybridized carbons (Fsp3) is 0.562. The van der Waals surface area contributed by atoms with E-state index in [1.54, 1.807) is 6.20 Å². The van der Waals surface area contributed by atoms with E-state index in [0.717, 1.165) is 5.03 Å². The van der Waals surface area contributed by atoms with Gasteiger partial charge in [-0.2, -0.15) is 0 Å². The molecule has 1 aromatic heterocycles. The van der Waals surface area contributed by atoms with E-state index < -0.39 is 11.6 Å². The SMILES string of the molecule is CC(C)(C)ONC(=O)CCCC(=O)C(N)CSSc1ccccn1. The monoisotopic (exact) mass is 371 g/mol. The average Bonchev–Trinajstić information content (AvgIpc) is 2.53. The molecule has 1 unspecified atom stereocenters. The molecular weight excluding hydrogens is 346 g/mol. The van der Waals surface area contributed by atoms with Crippen LogP contribution in [0.2, 0.25) is 0 Å². The minimum absolute atomic E-state index is 0.0336. The molecule has 1 rings (SSSR count). The molecule has 0 aliphatic heterocycles. The van der Waals surface area contributed by atoms with Crippen molar-refractivity contribution in [2.45, 2.75) is 56.7 Å². The molecule has 1 aromatic rings. The number of aromatic nitrogens is 1. The Bertz CT molecular complexity index is 521. The molecule has 0 aliphatic carbocycles. The molecule has 1 amide bonds. The van der Waals surface area contributed by atoms with Gasteiger partial charge >= 0.3 is 0 Å². The topological polar surface area (TPSA) is 94.3 Å². The van der Waals surface area contributed by atoms with Crippen molar-refractivity contribution in [3.63, 3.8) is 0 Å². The van der Waals surface area contributed by atoms with Gasteiger partial charge in [-0.1, -0.05) is 16.9 Å². The molecule has 134 valence electrons. The number of hydroxylamine groups is 1. The first kappa shape index (κ1) is 21.0. The van der Waals surface area contributed by atoms with Crippen molar-refractivity contribution in [3.8, 4) is 0 Å². The molecule has 1 heterocycles. The lowest BCUT2D eigenvalue weighted by molar-refractivity contribution is -0.145. The van der Waals surface area contributed by atoms with Crippen molar-refractivity contribution in [2.75, 3.05) is 5.75 Å². The first-order valence-corrected chi connectivity index (χ1v) is 10.1. The van der Waals surface area contributed by atoms with E-state index in [9.17, 15) is 9.59 Å². The number of carbonyl (C=O) groups is 2. The Morgan fingerprint density at radius 3 is 2.71 bits per heavy atom. The van der Waals surface area contributed by atoms with Gasteiger partial charge in [0.15, 0.2) is 0 Å². The van der Waals surface area contributed by atoms with Crippen LogP contribution in [0.3, 0.4) is 0 Å². The summed E-state index contributed by atoms with van der Waals surface area (Å²) in [6.07, 6.45) is 2.72. The van der Waals surface area contributed by atoms with Crippen LogP contribution in [0.4, 0.5) is 0 Å². The van der Waals surface area contributed by atoms with Crippen LogP contribution in [0.15, 0.2) is 29.4 Å². The Balaban J connectivity index is 2.14. The van der Waals surface area contributed by atoms with Crippen molar-refractivity contribution in [1.82, 2.24) is 10.5 Å². The van der Waals surface area contributed by atoms with Crippen molar-refractivity contribution in [1.29, 1.82) is 0 Å². The summed E-state index contributed by atoms with van der Waals surface area (Å²) < 4.78 is 0. The number of Topliss-reactive ketones (excluding diaryl/α,β-unsaturated/α-hetero) is 1. The number of nitrogens with one attached hydrogen (secondary N) is 1. The highest BCUT2D eigenvalue weighted by molar-refractivity contribution is 8.76. The molecule has 0 radical (unpaired) electrons. The number of ketones is 1. The molecule has 0 bridgehead atoms. The Morgan fingerprint density at radius 2 is 2.08 bits per heavy atom. The van der Waals surface area contributed by atoms with Gasteiger partial charge in [0.25, 0.3) is 0 Å². The largest absolute Gasteiger partial charge is 0.321 e. The predicted octanol–water partition coefficient (Wildman–Crippen LogP) is 2.73. The van der Waals surface area contributed by atoms with Gasteiger partial charge in [-0.25, -0.2) is 10.5 Å². The van der Waals surface area contributed by atoms with Crippen molar-refractivity contribution in [3.05, 3.63) is 24.4 Å².